The van der Waals surface area contributed by atoms with E-state index in [2.05, 4.69) is 17.2 Å². The fourth-order valence-corrected chi connectivity index (χ4v) is 1.25. The molecule has 2 nitrogen and oxygen atoms in total. The number of rotatable bonds is 8. The highest BCUT2D eigenvalue weighted by molar-refractivity contribution is 4.57. The number of halogens is 3. The molecule has 0 saturated carbocycles. The summed E-state index contributed by atoms with van der Waals surface area (Å²) in [6.07, 6.45) is -0.0325. The minimum atomic E-state index is -4.25. The van der Waals surface area contributed by atoms with Crippen molar-refractivity contribution in [1.82, 2.24) is 5.48 Å². The predicted molar refractivity (Wildman–Crippen MR) is 53.3 cm³/mol. The fraction of sp³-hybridized carbons (Fsp3) is 1.00. The van der Waals surface area contributed by atoms with Crippen LogP contribution in [0.2, 0.25) is 0 Å². The van der Waals surface area contributed by atoms with E-state index in [0.717, 1.165) is 25.7 Å². The second-order valence-electron chi connectivity index (χ2n) is 3.67. The van der Waals surface area contributed by atoms with Gasteiger partial charge < -0.3 is 0 Å². The topological polar surface area (TPSA) is 21.3 Å². The summed E-state index contributed by atoms with van der Waals surface area (Å²) in [6, 6.07) is 0. The van der Waals surface area contributed by atoms with Gasteiger partial charge >= 0.3 is 6.18 Å². The Morgan fingerprint density at radius 3 is 2.40 bits per heavy atom. The fourth-order valence-electron chi connectivity index (χ4n) is 1.25. The Balaban J connectivity index is 3.46. The molecule has 15 heavy (non-hydrogen) atoms. The van der Waals surface area contributed by atoms with Gasteiger partial charge in [0.15, 0.2) is 6.61 Å². The molecule has 1 N–H and O–H groups in total. The van der Waals surface area contributed by atoms with Crippen molar-refractivity contribution in [1.29, 1.82) is 0 Å². The summed E-state index contributed by atoms with van der Waals surface area (Å²) in [6.45, 7) is 3.40. The van der Waals surface area contributed by atoms with Gasteiger partial charge in [-0.1, -0.05) is 33.1 Å². The van der Waals surface area contributed by atoms with Crippen LogP contribution in [0, 0.1) is 5.92 Å². The molecule has 0 amide bonds. The van der Waals surface area contributed by atoms with Crippen molar-refractivity contribution in [3.63, 3.8) is 0 Å². The lowest BCUT2D eigenvalue weighted by Crippen LogP contribution is -2.28. The van der Waals surface area contributed by atoms with Gasteiger partial charge in [-0.25, -0.2) is 5.48 Å². The smallest absolute Gasteiger partial charge is 0.292 e. The average molecular weight is 227 g/mol. The number of hydrogen-bond donors (Lipinski definition) is 1. The molecule has 0 aliphatic carbocycles. The Labute approximate surface area is 89.1 Å². The van der Waals surface area contributed by atoms with Crippen LogP contribution in [0.1, 0.15) is 39.5 Å². The van der Waals surface area contributed by atoms with Gasteiger partial charge in [0, 0.05) is 6.54 Å². The highest BCUT2D eigenvalue weighted by atomic mass is 19.4. The Hall–Kier alpha value is -0.290. The van der Waals surface area contributed by atoms with E-state index in [1.807, 2.05) is 6.92 Å². The Morgan fingerprint density at radius 1 is 1.27 bits per heavy atom. The van der Waals surface area contributed by atoms with Crippen molar-refractivity contribution < 1.29 is 18.0 Å². The Morgan fingerprint density at radius 2 is 1.93 bits per heavy atom. The van der Waals surface area contributed by atoms with Crippen LogP contribution in [0.15, 0.2) is 0 Å². The molecule has 0 aliphatic heterocycles. The molecule has 0 spiro atoms. The molecule has 0 heterocycles. The van der Waals surface area contributed by atoms with Crippen molar-refractivity contribution >= 4 is 0 Å². The molecule has 1 atom stereocenters. The van der Waals surface area contributed by atoms with Crippen molar-refractivity contribution in [3.8, 4) is 0 Å². The maximum absolute atomic E-state index is 11.7. The largest absolute Gasteiger partial charge is 0.413 e. The zero-order valence-corrected chi connectivity index (χ0v) is 9.36. The molecular weight excluding hydrogens is 207 g/mol. The molecule has 1 unspecified atom stereocenters. The molecule has 0 saturated heterocycles. The first-order valence-corrected chi connectivity index (χ1v) is 5.41. The summed E-state index contributed by atoms with van der Waals surface area (Å²) in [4.78, 5) is 4.34. The molecule has 0 rings (SSSR count). The van der Waals surface area contributed by atoms with E-state index < -0.39 is 12.8 Å². The quantitative estimate of drug-likeness (QED) is 0.507. The van der Waals surface area contributed by atoms with E-state index in [9.17, 15) is 13.2 Å². The number of alkyl halides is 3. The molecular formula is C10H20F3NO. The molecule has 0 aromatic rings. The van der Waals surface area contributed by atoms with E-state index in [0.29, 0.717) is 12.5 Å². The Bertz CT molecular complexity index is 150. The molecule has 5 heteroatoms. The van der Waals surface area contributed by atoms with Crippen LogP contribution < -0.4 is 5.48 Å². The van der Waals surface area contributed by atoms with Gasteiger partial charge in [-0.2, -0.15) is 13.2 Å². The number of hydrogen-bond acceptors (Lipinski definition) is 2. The number of nitrogens with one attached hydrogen (secondary N) is 1. The van der Waals surface area contributed by atoms with E-state index in [1.165, 1.54) is 0 Å². The van der Waals surface area contributed by atoms with Crippen LogP contribution in [-0.2, 0) is 4.84 Å². The molecule has 0 aliphatic rings. The van der Waals surface area contributed by atoms with Gasteiger partial charge in [0.2, 0.25) is 0 Å². The monoisotopic (exact) mass is 227 g/mol. The lowest BCUT2D eigenvalue weighted by Gasteiger charge is -2.15. The minimum absolute atomic E-state index is 0.401. The van der Waals surface area contributed by atoms with E-state index in [1.54, 1.807) is 0 Å². The third-order valence-electron chi connectivity index (χ3n) is 2.25. The molecule has 92 valence electrons. The van der Waals surface area contributed by atoms with E-state index in [4.69, 9.17) is 0 Å². The zero-order chi connectivity index (χ0) is 11.7. The lowest BCUT2D eigenvalue weighted by atomic mass is 10.00. The molecule has 0 radical (unpaired) electrons. The molecule has 0 fully saturated rings. The van der Waals surface area contributed by atoms with Gasteiger partial charge in [0.25, 0.3) is 0 Å². The summed E-state index contributed by atoms with van der Waals surface area (Å²) in [7, 11) is 0. The lowest BCUT2D eigenvalue weighted by molar-refractivity contribution is -0.190. The van der Waals surface area contributed by atoms with E-state index in [-0.39, 0.29) is 0 Å². The molecule has 0 aromatic heterocycles. The van der Waals surface area contributed by atoms with Gasteiger partial charge in [-0.15, -0.1) is 0 Å². The highest BCUT2D eigenvalue weighted by Gasteiger charge is 2.27. The second-order valence-corrected chi connectivity index (χ2v) is 3.67. The summed E-state index contributed by atoms with van der Waals surface area (Å²) < 4.78 is 35.1. The third-order valence-corrected chi connectivity index (χ3v) is 2.25. The summed E-state index contributed by atoms with van der Waals surface area (Å²) in [5.74, 6) is 0.401. The van der Waals surface area contributed by atoms with Crippen molar-refractivity contribution in [3.05, 3.63) is 0 Å². The van der Waals surface area contributed by atoms with E-state index >= 15 is 0 Å². The van der Waals surface area contributed by atoms with Crippen LogP contribution in [0.4, 0.5) is 13.2 Å². The zero-order valence-electron chi connectivity index (χ0n) is 9.36. The van der Waals surface area contributed by atoms with Crippen LogP contribution in [0.3, 0.4) is 0 Å². The van der Waals surface area contributed by atoms with Crippen molar-refractivity contribution in [2.45, 2.75) is 45.7 Å². The van der Waals surface area contributed by atoms with Crippen LogP contribution in [0.5, 0.6) is 0 Å². The standard InChI is InChI=1S/C10H20F3NO/c1-3-5-6-9(4-2)7-14-15-8-10(11,12)13/h9,14H,3-8H2,1-2H3. The van der Waals surface area contributed by atoms with Gasteiger partial charge in [-0.05, 0) is 12.3 Å². The van der Waals surface area contributed by atoms with Crippen molar-refractivity contribution in [2.24, 2.45) is 5.92 Å². The SMILES string of the molecule is CCCCC(CC)CNOCC(F)(F)F. The first-order valence-electron chi connectivity index (χ1n) is 5.41. The van der Waals surface area contributed by atoms with Gasteiger partial charge in [0.1, 0.15) is 0 Å². The van der Waals surface area contributed by atoms with Crippen LogP contribution in [-0.4, -0.2) is 19.3 Å². The normalized spacial score (nSPS) is 14.2. The minimum Gasteiger partial charge on any atom is -0.292 e. The van der Waals surface area contributed by atoms with Gasteiger partial charge in [-0.3, -0.25) is 4.84 Å². The first-order chi connectivity index (χ1) is 6.99. The summed E-state index contributed by atoms with van der Waals surface area (Å²) in [5.41, 5.74) is 2.38. The molecule has 0 aromatic carbocycles. The summed E-state index contributed by atoms with van der Waals surface area (Å²) >= 11 is 0. The highest BCUT2D eigenvalue weighted by Crippen LogP contribution is 2.14. The van der Waals surface area contributed by atoms with Gasteiger partial charge in [0.05, 0.1) is 0 Å². The third kappa shape index (κ3) is 10.0. The first kappa shape index (κ1) is 14.7. The average Bonchev–Trinajstić information content (AvgIpc) is 2.15. The number of hydroxylamine groups is 1. The van der Waals surface area contributed by atoms with Crippen molar-refractivity contribution in [2.75, 3.05) is 13.2 Å². The Kier molecular flexibility index (Phi) is 7.78. The predicted octanol–water partition coefficient (Wildman–Crippen LogP) is 3.29. The maximum Gasteiger partial charge on any atom is 0.413 e. The van der Waals surface area contributed by atoms with Crippen LogP contribution in [0.25, 0.3) is 0 Å². The maximum atomic E-state index is 11.7. The van der Waals surface area contributed by atoms with Crippen LogP contribution >= 0.6 is 0 Å². The summed E-state index contributed by atoms with van der Waals surface area (Å²) in [5, 5.41) is 0. The molecule has 0 bridgehead atoms. The second kappa shape index (κ2) is 7.93. The number of unbranched alkanes of at least 4 members (excludes halogenated alkanes) is 1.